The maximum absolute atomic E-state index is 12.6. The van der Waals surface area contributed by atoms with Crippen LogP contribution in [0, 0.1) is 0 Å². The SMILES string of the molecule is CCCCCCCCCCCCCC=CC(=O)[O][Al]([O]C(=O)C=CCCCCCCCCCCCCC)[O]C(=O)C=CCCCCCCCCCCCCC. The topological polar surface area (TPSA) is 78.9 Å². The van der Waals surface area contributed by atoms with E-state index in [0.29, 0.717) is 0 Å². The van der Waals surface area contributed by atoms with Gasteiger partial charge in [0.2, 0.25) is 0 Å². The van der Waals surface area contributed by atoms with Crippen molar-refractivity contribution in [2.24, 2.45) is 0 Å². The second kappa shape index (κ2) is 44.9. The fourth-order valence-electron chi connectivity index (χ4n) is 6.79. The molecule has 0 rings (SSSR count). The van der Waals surface area contributed by atoms with Gasteiger partial charge in [0.15, 0.2) is 0 Å². The van der Waals surface area contributed by atoms with Crippen LogP contribution in [0.5, 0.6) is 0 Å². The first-order valence-electron chi connectivity index (χ1n) is 23.6. The van der Waals surface area contributed by atoms with Gasteiger partial charge in [0.25, 0.3) is 17.9 Å². The third kappa shape index (κ3) is 43.1. The Morgan fingerprint density at radius 1 is 0.309 bits per heavy atom. The van der Waals surface area contributed by atoms with Crippen molar-refractivity contribution in [1.82, 2.24) is 0 Å². The molecular weight excluding hydrogens is 700 g/mol. The second-order valence-corrected chi connectivity index (χ2v) is 17.1. The molecule has 0 saturated carbocycles. The Labute approximate surface area is 345 Å². The number of allylic oxidation sites excluding steroid dienone is 3. The molecule has 0 unspecified atom stereocenters. The number of hydrogen-bond donors (Lipinski definition) is 0. The molecule has 0 aliphatic carbocycles. The molecule has 6 nitrogen and oxygen atoms in total. The van der Waals surface area contributed by atoms with Gasteiger partial charge < -0.3 is 11.4 Å². The summed E-state index contributed by atoms with van der Waals surface area (Å²) in [6.07, 6.45) is 53.9. The zero-order chi connectivity index (χ0) is 40.1. The molecule has 0 radical (unpaired) electrons. The van der Waals surface area contributed by atoms with Crippen LogP contribution in [-0.2, 0) is 25.7 Å². The van der Waals surface area contributed by atoms with Crippen LogP contribution in [0.3, 0.4) is 0 Å². The minimum Gasteiger partial charge on any atom is -0.547 e. The van der Waals surface area contributed by atoms with Crippen molar-refractivity contribution in [3.8, 4) is 0 Å². The van der Waals surface area contributed by atoms with Crippen LogP contribution in [-0.4, -0.2) is 33.1 Å². The number of rotatable bonds is 42. The summed E-state index contributed by atoms with van der Waals surface area (Å²) in [7, 11) is 0. The lowest BCUT2D eigenvalue weighted by molar-refractivity contribution is -0.141. The summed E-state index contributed by atoms with van der Waals surface area (Å²) < 4.78 is 16.2. The zero-order valence-corrected chi connectivity index (χ0v) is 37.6. The lowest BCUT2D eigenvalue weighted by Gasteiger charge is -2.10. The fraction of sp³-hybridized carbons (Fsp3) is 0.812. The highest BCUT2D eigenvalue weighted by molar-refractivity contribution is 6.45. The molecule has 7 heteroatoms. The minimum atomic E-state index is -3.38. The Kier molecular flexibility index (Phi) is 43.4. The van der Waals surface area contributed by atoms with Crippen molar-refractivity contribution in [1.29, 1.82) is 0 Å². The van der Waals surface area contributed by atoms with E-state index in [1.165, 1.54) is 192 Å². The molecule has 318 valence electrons. The minimum absolute atomic E-state index is 0.643. The summed E-state index contributed by atoms with van der Waals surface area (Å²) in [4.78, 5) is 37.8. The van der Waals surface area contributed by atoms with Crippen molar-refractivity contribution in [3.63, 3.8) is 0 Å². The van der Waals surface area contributed by atoms with Gasteiger partial charge in [0, 0.05) is 18.2 Å². The highest BCUT2D eigenvalue weighted by Crippen LogP contribution is 2.15. The van der Waals surface area contributed by atoms with Gasteiger partial charge in [-0.15, -0.1) is 0 Å². The van der Waals surface area contributed by atoms with Crippen molar-refractivity contribution >= 4 is 33.1 Å². The highest BCUT2D eigenvalue weighted by Gasteiger charge is 2.48. The lowest BCUT2D eigenvalue weighted by Crippen LogP contribution is -2.33. The normalized spacial score (nSPS) is 11.6. The average Bonchev–Trinajstić information content (AvgIpc) is 3.17. The first-order chi connectivity index (χ1) is 27.0. The molecule has 0 aliphatic rings. The van der Waals surface area contributed by atoms with E-state index in [4.69, 9.17) is 11.4 Å². The van der Waals surface area contributed by atoms with E-state index in [1.807, 2.05) is 0 Å². The Bertz CT molecular complexity index is 826. The fourth-order valence-corrected chi connectivity index (χ4v) is 7.74. The van der Waals surface area contributed by atoms with Gasteiger partial charge in [-0.1, -0.05) is 232 Å². The quantitative estimate of drug-likeness (QED) is 0.0348. The monoisotopic (exact) mass is 787 g/mol. The number of carbonyl (C=O) groups excluding carboxylic acids is 3. The predicted molar refractivity (Wildman–Crippen MR) is 235 cm³/mol. The Balaban J connectivity index is 4.54. The van der Waals surface area contributed by atoms with E-state index in [1.54, 1.807) is 18.2 Å². The number of unbranched alkanes of at least 4 members (excludes halogenated alkanes) is 33. The van der Waals surface area contributed by atoms with Crippen molar-refractivity contribution in [3.05, 3.63) is 36.5 Å². The van der Waals surface area contributed by atoms with E-state index < -0.39 is 33.1 Å². The van der Waals surface area contributed by atoms with Gasteiger partial charge in [-0.05, 0) is 38.5 Å². The standard InChI is InChI=1S/3C16H30O2.Al/c3*1-2-3-4-5-6-7-8-9-10-11-12-13-14-15-16(17)18;/h3*14-15H,2-13H2,1H3,(H,17,18);/q;;;+3/p-3. The number of hydrogen-bond acceptors (Lipinski definition) is 6. The third-order valence-corrected chi connectivity index (χ3v) is 11.6. The summed E-state index contributed by atoms with van der Waals surface area (Å²) >= 11 is -3.38. The van der Waals surface area contributed by atoms with Gasteiger partial charge in [-0.3, -0.25) is 14.4 Å². The average molecular weight is 787 g/mol. The van der Waals surface area contributed by atoms with Gasteiger partial charge in [-0.2, -0.15) is 0 Å². The number of carbonyl (C=O) groups is 3. The maximum Gasteiger partial charge on any atom is 1.20 e. The molecule has 0 aromatic carbocycles. The molecule has 0 aromatic heterocycles. The summed E-state index contributed by atoms with van der Waals surface area (Å²) in [6, 6.07) is 0. The Morgan fingerprint density at radius 3 is 0.691 bits per heavy atom. The third-order valence-electron chi connectivity index (χ3n) is 10.3. The summed E-state index contributed by atoms with van der Waals surface area (Å²) in [6.45, 7) is 6.76. The maximum atomic E-state index is 12.6. The van der Waals surface area contributed by atoms with Crippen LogP contribution in [0.4, 0.5) is 0 Å². The highest BCUT2D eigenvalue weighted by atomic mass is 27.3. The molecule has 0 N–H and O–H groups in total. The van der Waals surface area contributed by atoms with E-state index in [2.05, 4.69) is 20.8 Å². The molecule has 0 amide bonds. The van der Waals surface area contributed by atoms with Crippen molar-refractivity contribution in [2.45, 2.75) is 252 Å². The first-order valence-corrected chi connectivity index (χ1v) is 25.1. The van der Waals surface area contributed by atoms with Crippen LogP contribution < -0.4 is 0 Å². The van der Waals surface area contributed by atoms with E-state index >= 15 is 0 Å². The molecule has 0 fully saturated rings. The van der Waals surface area contributed by atoms with Crippen LogP contribution in [0.25, 0.3) is 0 Å². The molecule has 0 aromatic rings. The van der Waals surface area contributed by atoms with Crippen LogP contribution in [0.15, 0.2) is 36.5 Å². The van der Waals surface area contributed by atoms with Crippen molar-refractivity contribution in [2.75, 3.05) is 0 Å². The van der Waals surface area contributed by atoms with Crippen LogP contribution in [0.1, 0.15) is 252 Å². The molecule has 0 atom stereocenters. The molecule has 0 spiro atoms. The second-order valence-electron chi connectivity index (χ2n) is 15.8. The smallest absolute Gasteiger partial charge is 0.547 e. The lowest BCUT2D eigenvalue weighted by atomic mass is 10.1. The van der Waals surface area contributed by atoms with E-state index in [0.717, 1.165) is 57.8 Å². The summed E-state index contributed by atoms with van der Waals surface area (Å²) in [5, 5.41) is 0. The van der Waals surface area contributed by atoms with Crippen LogP contribution in [0.2, 0.25) is 0 Å². The van der Waals surface area contributed by atoms with Gasteiger partial charge in [0.1, 0.15) is 0 Å². The molecule has 55 heavy (non-hydrogen) atoms. The molecular formula is C48H87AlO6. The summed E-state index contributed by atoms with van der Waals surface area (Å²) in [5.74, 6) is -1.93. The first kappa shape index (κ1) is 53.2. The van der Waals surface area contributed by atoms with Gasteiger partial charge >= 0.3 is 15.1 Å². The molecule has 0 heterocycles. The predicted octanol–water partition coefficient (Wildman–Crippen LogP) is 15.4. The Morgan fingerprint density at radius 2 is 0.491 bits per heavy atom. The molecule has 0 aliphatic heterocycles. The zero-order valence-electron chi connectivity index (χ0n) is 36.4. The Hall–Kier alpha value is -1.84. The van der Waals surface area contributed by atoms with E-state index in [9.17, 15) is 14.4 Å². The summed E-state index contributed by atoms with van der Waals surface area (Å²) in [5.41, 5.74) is 0. The molecule has 0 bridgehead atoms. The van der Waals surface area contributed by atoms with Crippen molar-refractivity contribution < 1.29 is 25.7 Å². The van der Waals surface area contributed by atoms with Crippen LogP contribution >= 0.6 is 0 Å². The largest absolute Gasteiger partial charge is 1.20 e. The van der Waals surface area contributed by atoms with E-state index in [-0.39, 0.29) is 0 Å². The van der Waals surface area contributed by atoms with Gasteiger partial charge in [0.05, 0.1) is 0 Å². The molecule has 0 saturated heterocycles. The van der Waals surface area contributed by atoms with Gasteiger partial charge in [-0.25, -0.2) is 0 Å².